The van der Waals surface area contributed by atoms with Crippen molar-refractivity contribution in [2.45, 2.75) is 25.8 Å². The number of rotatable bonds is 5. The van der Waals surface area contributed by atoms with Gasteiger partial charge in [-0.15, -0.1) is 0 Å². The average molecular weight is 419 g/mol. The number of nitrogens with one attached hydrogen (secondary N) is 1. The van der Waals surface area contributed by atoms with Gasteiger partial charge in [0.15, 0.2) is 5.13 Å². The molecule has 3 heterocycles. The summed E-state index contributed by atoms with van der Waals surface area (Å²) in [5.41, 5.74) is 0.872. The van der Waals surface area contributed by atoms with Crippen molar-refractivity contribution in [1.82, 2.24) is 15.2 Å². The zero-order valence-electron chi connectivity index (χ0n) is 16.7. The van der Waals surface area contributed by atoms with E-state index >= 15 is 0 Å². The molecule has 1 aromatic heterocycles. The molecular weight excluding hydrogens is 392 g/mol. The van der Waals surface area contributed by atoms with Crippen molar-refractivity contribution in [3.05, 3.63) is 18.2 Å². The number of hydrogen-bond donors (Lipinski definition) is 1. The highest BCUT2D eigenvalue weighted by Crippen LogP contribution is 2.36. The second kappa shape index (κ2) is 8.44. The summed E-state index contributed by atoms with van der Waals surface area (Å²) in [5.74, 6) is 0.843. The summed E-state index contributed by atoms with van der Waals surface area (Å²) in [6, 6.07) is 6.02. The fourth-order valence-corrected chi connectivity index (χ4v) is 4.75. The highest BCUT2D eigenvalue weighted by molar-refractivity contribution is 7.22. The van der Waals surface area contributed by atoms with Gasteiger partial charge in [-0.2, -0.15) is 0 Å². The highest BCUT2D eigenvalue weighted by Gasteiger charge is 2.36. The molecule has 0 bridgehead atoms. The van der Waals surface area contributed by atoms with Gasteiger partial charge >= 0.3 is 6.09 Å². The Morgan fingerprint density at radius 1 is 1.28 bits per heavy atom. The van der Waals surface area contributed by atoms with Crippen molar-refractivity contribution in [2.75, 3.05) is 44.8 Å². The molecule has 0 aliphatic carbocycles. The van der Waals surface area contributed by atoms with Crippen LogP contribution >= 0.6 is 11.3 Å². The molecule has 0 unspecified atom stereocenters. The topological polar surface area (TPSA) is 84.0 Å². The molecule has 0 spiro atoms. The Balaban J connectivity index is 1.26. The molecule has 29 heavy (non-hydrogen) atoms. The van der Waals surface area contributed by atoms with Crippen molar-refractivity contribution in [3.8, 4) is 5.75 Å². The number of methoxy groups -OCH3 is 1. The summed E-state index contributed by atoms with van der Waals surface area (Å²) < 4.78 is 11.5. The van der Waals surface area contributed by atoms with Crippen LogP contribution in [0.5, 0.6) is 5.75 Å². The predicted octanol–water partition coefficient (Wildman–Crippen LogP) is 2.48. The fourth-order valence-electron chi connectivity index (χ4n) is 3.75. The van der Waals surface area contributed by atoms with Gasteiger partial charge in [0.2, 0.25) is 5.91 Å². The maximum atomic E-state index is 12.6. The molecule has 0 radical (unpaired) electrons. The van der Waals surface area contributed by atoms with E-state index in [2.05, 4.69) is 10.2 Å². The lowest BCUT2D eigenvalue weighted by Gasteiger charge is -2.39. The van der Waals surface area contributed by atoms with Crippen molar-refractivity contribution in [3.63, 3.8) is 0 Å². The van der Waals surface area contributed by atoms with Crippen molar-refractivity contribution in [1.29, 1.82) is 0 Å². The van der Waals surface area contributed by atoms with Gasteiger partial charge in [0, 0.05) is 32.2 Å². The number of likely N-dealkylation sites (tertiary alicyclic amines) is 1. The summed E-state index contributed by atoms with van der Waals surface area (Å²) >= 11 is 1.62. The predicted molar refractivity (Wildman–Crippen MR) is 112 cm³/mol. The minimum absolute atomic E-state index is 0.0213. The Hall–Kier alpha value is -2.55. The normalized spacial score (nSPS) is 17.9. The van der Waals surface area contributed by atoms with Gasteiger partial charge in [-0.25, -0.2) is 9.78 Å². The molecule has 1 N–H and O–H groups in total. The van der Waals surface area contributed by atoms with E-state index < -0.39 is 0 Å². The standard InChI is InChI=1S/C20H26N4O4S/c1-3-28-20(26)23-9-7-14(8-10-23)21-18(25)13-11-24(12-13)19-22-17-15(27-2)5-4-6-16(17)29-19/h4-6,13-14H,3,7-12H2,1-2H3,(H,21,25). The molecule has 0 atom stereocenters. The first-order valence-electron chi connectivity index (χ1n) is 9.99. The molecule has 8 nitrogen and oxygen atoms in total. The quantitative estimate of drug-likeness (QED) is 0.803. The Bertz CT molecular complexity index is 888. The number of nitrogens with zero attached hydrogens (tertiary/aromatic N) is 3. The number of hydrogen-bond acceptors (Lipinski definition) is 7. The first-order valence-corrected chi connectivity index (χ1v) is 10.8. The van der Waals surface area contributed by atoms with Crippen LogP contribution in [-0.2, 0) is 9.53 Å². The van der Waals surface area contributed by atoms with Crippen LogP contribution in [0.2, 0.25) is 0 Å². The van der Waals surface area contributed by atoms with Crippen LogP contribution in [0.3, 0.4) is 0 Å². The van der Waals surface area contributed by atoms with E-state index in [9.17, 15) is 9.59 Å². The van der Waals surface area contributed by atoms with Crippen LogP contribution in [0, 0.1) is 5.92 Å². The Morgan fingerprint density at radius 2 is 2.03 bits per heavy atom. The van der Waals surface area contributed by atoms with Crippen LogP contribution in [0.1, 0.15) is 19.8 Å². The molecule has 0 saturated carbocycles. The summed E-state index contributed by atoms with van der Waals surface area (Å²) in [4.78, 5) is 32.9. The number of para-hydroxylation sites is 1. The van der Waals surface area contributed by atoms with Crippen LogP contribution in [0.15, 0.2) is 18.2 Å². The lowest BCUT2D eigenvalue weighted by Crippen LogP contribution is -2.56. The summed E-state index contributed by atoms with van der Waals surface area (Å²) in [7, 11) is 1.65. The zero-order valence-corrected chi connectivity index (χ0v) is 17.5. The van der Waals surface area contributed by atoms with E-state index in [-0.39, 0.29) is 24.0 Å². The zero-order chi connectivity index (χ0) is 20.4. The molecule has 2 fully saturated rings. The van der Waals surface area contributed by atoms with Gasteiger partial charge in [-0.05, 0) is 31.9 Å². The first-order chi connectivity index (χ1) is 14.1. The van der Waals surface area contributed by atoms with E-state index in [0.717, 1.165) is 33.9 Å². The summed E-state index contributed by atoms with van der Waals surface area (Å²) in [5, 5.41) is 4.07. The molecule has 2 aliphatic heterocycles. The van der Waals surface area contributed by atoms with Crippen LogP contribution in [-0.4, -0.2) is 67.8 Å². The van der Waals surface area contributed by atoms with Gasteiger partial charge in [-0.1, -0.05) is 17.4 Å². The second-order valence-corrected chi connectivity index (χ2v) is 8.38. The Kier molecular flexibility index (Phi) is 5.75. The molecule has 2 saturated heterocycles. The van der Waals surface area contributed by atoms with Crippen molar-refractivity contribution < 1.29 is 19.1 Å². The Labute approximate surface area is 173 Å². The van der Waals surface area contributed by atoms with Crippen LogP contribution in [0.25, 0.3) is 10.2 Å². The smallest absolute Gasteiger partial charge is 0.409 e. The number of thiazole rings is 1. The van der Waals surface area contributed by atoms with Gasteiger partial charge in [0.1, 0.15) is 11.3 Å². The minimum Gasteiger partial charge on any atom is -0.494 e. The number of benzene rings is 1. The van der Waals surface area contributed by atoms with Gasteiger partial charge < -0.3 is 24.6 Å². The summed E-state index contributed by atoms with van der Waals surface area (Å²) in [6.45, 7) is 4.78. The lowest BCUT2D eigenvalue weighted by atomic mass is 9.98. The molecule has 1 aromatic carbocycles. The third-order valence-corrected chi connectivity index (χ3v) is 6.56. The van der Waals surface area contributed by atoms with Gasteiger partial charge in [-0.3, -0.25) is 4.79 Å². The number of fused-ring (bicyclic) bond motifs is 1. The Morgan fingerprint density at radius 3 is 2.72 bits per heavy atom. The maximum Gasteiger partial charge on any atom is 0.409 e. The number of aromatic nitrogens is 1. The fraction of sp³-hybridized carbons (Fsp3) is 0.550. The number of carbonyl (C=O) groups is 2. The number of piperidine rings is 1. The number of anilines is 1. The van der Waals surface area contributed by atoms with E-state index in [0.29, 0.717) is 32.8 Å². The SMILES string of the molecule is CCOC(=O)N1CCC(NC(=O)C2CN(c3nc4c(OC)cccc4s3)C2)CC1. The van der Waals surface area contributed by atoms with Gasteiger partial charge in [0.05, 0.1) is 24.3 Å². The van der Waals surface area contributed by atoms with E-state index in [1.807, 2.05) is 18.2 Å². The van der Waals surface area contributed by atoms with Crippen LogP contribution < -0.4 is 15.0 Å². The van der Waals surface area contributed by atoms with E-state index in [4.69, 9.17) is 14.5 Å². The molecular formula is C20H26N4O4S. The molecule has 156 valence electrons. The monoisotopic (exact) mass is 418 g/mol. The minimum atomic E-state index is -0.264. The van der Waals surface area contributed by atoms with E-state index in [1.54, 1.807) is 30.3 Å². The average Bonchev–Trinajstić information content (AvgIpc) is 3.11. The third-order valence-electron chi connectivity index (χ3n) is 5.48. The summed E-state index contributed by atoms with van der Waals surface area (Å²) in [6.07, 6.45) is 1.26. The molecule has 9 heteroatoms. The lowest BCUT2D eigenvalue weighted by molar-refractivity contribution is -0.126. The number of carbonyl (C=O) groups excluding carboxylic acids is 2. The van der Waals surface area contributed by atoms with Crippen LogP contribution in [0.4, 0.5) is 9.93 Å². The van der Waals surface area contributed by atoms with E-state index in [1.165, 1.54) is 0 Å². The largest absolute Gasteiger partial charge is 0.494 e. The molecule has 2 aromatic rings. The molecule has 4 rings (SSSR count). The third kappa shape index (κ3) is 4.10. The highest BCUT2D eigenvalue weighted by atomic mass is 32.1. The van der Waals surface area contributed by atoms with Crippen molar-refractivity contribution >= 4 is 38.7 Å². The molecule has 2 aliphatic rings. The first kappa shape index (κ1) is 19.8. The van der Waals surface area contributed by atoms with Gasteiger partial charge in [0.25, 0.3) is 0 Å². The maximum absolute atomic E-state index is 12.6. The number of ether oxygens (including phenoxy) is 2. The van der Waals surface area contributed by atoms with Crippen molar-refractivity contribution in [2.24, 2.45) is 5.92 Å². The molecule has 2 amide bonds. The second-order valence-electron chi connectivity index (χ2n) is 7.37. The number of amides is 2.